The standard InChI is InChI=1S/C16H29N7O2.HI/c1-5-8-17-16(18-9-15(24)22(2)3)19-12-6-7-14-20-13(11-25-4)21-23(14)10-12;/h12H,5-11H2,1-4H3,(H2,17,18,19);1H. The van der Waals surface area contributed by atoms with Gasteiger partial charge in [-0.05, 0) is 12.8 Å². The summed E-state index contributed by atoms with van der Waals surface area (Å²) in [6.07, 6.45) is 2.78. The summed E-state index contributed by atoms with van der Waals surface area (Å²) in [6, 6.07) is 0.196. The largest absolute Gasteiger partial charge is 0.377 e. The molecule has 0 spiro atoms. The van der Waals surface area contributed by atoms with Crippen LogP contribution in [0.2, 0.25) is 0 Å². The molecule has 1 unspecified atom stereocenters. The van der Waals surface area contributed by atoms with Crippen LogP contribution in [0.1, 0.15) is 31.4 Å². The summed E-state index contributed by atoms with van der Waals surface area (Å²) in [5.41, 5.74) is 0. The van der Waals surface area contributed by atoms with Crippen molar-refractivity contribution in [1.29, 1.82) is 0 Å². The fourth-order valence-electron chi connectivity index (χ4n) is 2.55. The Bertz CT molecular complexity index is 603. The van der Waals surface area contributed by atoms with Gasteiger partial charge in [-0.1, -0.05) is 6.92 Å². The molecule has 1 amide bonds. The molecule has 2 N–H and O–H groups in total. The Kier molecular flexibility index (Phi) is 9.84. The number of aromatic nitrogens is 3. The third-order valence-electron chi connectivity index (χ3n) is 3.93. The van der Waals surface area contributed by atoms with Crippen LogP contribution in [0.25, 0.3) is 0 Å². The molecule has 1 atom stereocenters. The van der Waals surface area contributed by atoms with E-state index in [1.165, 1.54) is 0 Å². The zero-order valence-corrected chi connectivity index (χ0v) is 18.3. The van der Waals surface area contributed by atoms with Gasteiger partial charge in [0.25, 0.3) is 0 Å². The van der Waals surface area contributed by atoms with Crippen molar-refractivity contribution in [3.8, 4) is 0 Å². The first-order valence-corrected chi connectivity index (χ1v) is 8.70. The minimum Gasteiger partial charge on any atom is -0.377 e. The van der Waals surface area contributed by atoms with Gasteiger partial charge in [-0.3, -0.25) is 4.79 Å². The van der Waals surface area contributed by atoms with E-state index in [-0.39, 0.29) is 42.5 Å². The second-order valence-corrected chi connectivity index (χ2v) is 6.32. The summed E-state index contributed by atoms with van der Waals surface area (Å²) in [4.78, 5) is 22.2. The lowest BCUT2D eigenvalue weighted by molar-refractivity contribution is -0.127. The summed E-state index contributed by atoms with van der Waals surface area (Å²) in [7, 11) is 5.10. The first-order chi connectivity index (χ1) is 12.0. The number of rotatable bonds is 7. The molecule has 2 heterocycles. The number of amides is 1. The summed E-state index contributed by atoms with van der Waals surface area (Å²) in [5.74, 6) is 2.35. The number of hydrogen-bond acceptors (Lipinski definition) is 5. The molecule has 0 fully saturated rings. The second kappa shape index (κ2) is 11.3. The molecule has 0 aliphatic carbocycles. The minimum absolute atomic E-state index is 0. The van der Waals surface area contributed by atoms with Crippen LogP contribution in [-0.2, 0) is 29.1 Å². The van der Waals surface area contributed by atoms with E-state index in [4.69, 9.17) is 4.74 Å². The molecule has 2 rings (SSSR count). The first-order valence-electron chi connectivity index (χ1n) is 8.70. The number of carbonyl (C=O) groups is 1. The van der Waals surface area contributed by atoms with Gasteiger partial charge in [0.05, 0.1) is 6.54 Å². The summed E-state index contributed by atoms with van der Waals surface area (Å²) >= 11 is 0. The Morgan fingerprint density at radius 1 is 1.46 bits per heavy atom. The fraction of sp³-hybridized carbons (Fsp3) is 0.750. The van der Waals surface area contributed by atoms with Crippen molar-refractivity contribution in [2.75, 3.05) is 34.3 Å². The number of hydrogen-bond donors (Lipinski definition) is 2. The van der Waals surface area contributed by atoms with Gasteiger partial charge < -0.3 is 20.3 Å². The van der Waals surface area contributed by atoms with Crippen LogP contribution in [-0.4, -0.2) is 71.9 Å². The highest BCUT2D eigenvalue weighted by Gasteiger charge is 2.22. The van der Waals surface area contributed by atoms with Crippen LogP contribution >= 0.6 is 24.0 Å². The van der Waals surface area contributed by atoms with Crippen molar-refractivity contribution >= 4 is 35.8 Å². The summed E-state index contributed by atoms with van der Waals surface area (Å²) in [5, 5.41) is 11.2. The van der Waals surface area contributed by atoms with Gasteiger partial charge in [-0.15, -0.1) is 24.0 Å². The highest BCUT2D eigenvalue weighted by Crippen LogP contribution is 2.13. The normalized spacial score (nSPS) is 16.5. The lowest BCUT2D eigenvalue weighted by Crippen LogP contribution is -2.47. The molecular formula is C16H30IN7O2. The molecule has 0 radical (unpaired) electrons. The van der Waals surface area contributed by atoms with Crippen LogP contribution in [0, 0.1) is 0 Å². The van der Waals surface area contributed by atoms with Gasteiger partial charge in [0.1, 0.15) is 19.0 Å². The number of halogens is 1. The maximum absolute atomic E-state index is 11.8. The molecular weight excluding hydrogens is 449 g/mol. The third kappa shape index (κ3) is 6.71. The molecule has 0 bridgehead atoms. The molecule has 26 heavy (non-hydrogen) atoms. The van der Waals surface area contributed by atoms with E-state index in [1.54, 1.807) is 26.1 Å². The maximum atomic E-state index is 11.8. The lowest BCUT2D eigenvalue weighted by Gasteiger charge is -2.25. The number of aryl methyl sites for hydroxylation is 1. The van der Waals surface area contributed by atoms with Crippen LogP contribution < -0.4 is 10.6 Å². The molecule has 0 saturated heterocycles. The molecule has 1 aromatic heterocycles. The number of aliphatic imine (C=N–C) groups is 1. The second-order valence-electron chi connectivity index (χ2n) is 6.32. The number of nitrogens with one attached hydrogen (secondary N) is 2. The van der Waals surface area contributed by atoms with Crippen LogP contribution in [0.15, 0.2) is 4.99 Å². The molecule has 0 saturated carbocycles. The van der Waals surface area contributed by atoms with Crippen LogP contribution in [0.3, 0.4) is 0 Å². The van der Waals surface area contributed by atoms with Gasteiger partial charge in [0.15, 0.2) is 11.8 Å². The van der Waals surface area contributed by atoms with E-state index in [2.05, 4.69) is 32.6 Å². The fourth-order valence-corrected chi connectivity index (χ4v) is 2.55. The monoisotopic (exact) mass is 479 g/mol. The number of guanidine groups is 1. The van der Waals surface area contributed by atoms with Crippen molar-refractivity contribution in [2.45, 2.75) is 45.4 Å². The van der Waals surface area contributed by atoms with Crippen molar-refractivity contribution < 1.29 is 9.53 Å². The number of likely N-dealkylation sites (N-methyl/N-ethyl adjacent to an activating group) is 1. The Labute approximate surface area is 172 Å². The van der Waals surface area contributed by atoms with Crippen molar-refractivity contribution in [1.82, 2.24) is 30.3 Å². The van der Waals surface area contributed by atoms with E-state index in [9.17, 15) is 4.79 Å². The zero-order chi connectivity index (χ0) is 18.2. The predicted octanol–water partition coefficient (Wildman–Crippen LogP) is 0.391. The van der Waals surface area contributed by atoms with Crippen molar-refractivity contribution in [3.63, 3.8) is 0 Å². The molecule has 1 aliphatic rings. The average molecular weight is 479 g/mol. The number of fused-ring (bicyclic) bond motifs is 1. The Morgan fingerprint density at radius 3 is 2.88 bits per heavy atom. The average Bonchev–Trinajstić information content (AvgIpc) is 2.98. The van der Waals surface area contributed by atoms with Crippen LogP contribution in [0.4, 0.5) is 0 Å². The topological polar surface area (TPSA) is 96.7 Å². The third-order valence-corrected chi connectivity index (χ3v) is 3.93. The highest BCUT2D eigenvalue weighted by molar-refractivity contribution is 14.0. The van der Waals surface area contributed by atoms with Crippen molar-refractivity contribution in [2.24, 2.45) is 4.99 Å². The quantitative estimate of drug-likeness (QED) is 0.334. The molecule has 9 nitrogen and oxygen atoms in total. The Balaban J connectivity index is 0.00000338. The van der Waals surface area contributed by atoms with Gasteiger partial charge in [0, 0.05) is 40.2 Å². The zero-order valence-electron chi connectivity index (χ0n) is 16.0. The van der Waals surface area contributed by atoms with Crippen LogP contribution in [0.5, 0.6) is 0 Å². The maximum Gasteiger partial charge on any atom is 0.243 e. The van der Waals surface area contributed by atoms with Gasteiger partial charge in [0.2, 0.25) is 5.91 Å². The van der Waals surface area contributed by atoms with E-state index in [1.807, 2.05) is 4.68 Å². The highest BCUT2D eigenvalue weighted by atomic mass is 127. The first kappa shape index (κ1) is 22.6. The minimum atomic E-state index is -0.0241. The summed E-state index contributed by atoms with van der Waals surface area (Å²) in [6.45, 7) is 4.18. The number of methoxy groups -OCH3 is 1. The number of ether oxygens (including phenoxy) is 1. The molecule has 10 heteroatoms. The van der Waals surface area contributed by atoms with Gasteiger partial charge in [-0.25, -0.2) is 14.7 Å². The Morgan fingerprint density at radius 2 is 2.23 bits per heavy atom. The predicted molar refractivity (Wildman–Crippen MR) is 111 cm³/mol. The number of carbonyl (C=O) groups excluding carboxylic acids is 1. The molecule has 1 aliphatic heterocycles. The molecule has 148 valence electrons. The Hall–Kier alpha value is -1.43. The molecule has 1 aromatic rings. The van der Waals surface area contributed by atoms with Crippen molar-refractivity contribution in [3.05, 3.63) is 11.6 Å². The number of nitrogens with zero attached hydrogens (tertiary/aromatic N) is 5. The smallest absolute Gasteiger partial charge is 0.243 e. The van der Waals surface area contributed by atoms with E-state index >= 15 is 0 Å². The van der Waals surface area contributed by atoms with E-state index in [0.29, 0.717) is 18.4 Å². The van der Waals surface area contributed by atoms with E-state index < -0.39 is 0 Å². The van der Waals surface area contributed by atoms with Gasteiger partial charge in [-0.2, -0.15) is 5.10 Å². The lowest BCUT2D eigenvalue weighted by atomic mass is 10.1. The van der Waals surface area contributed by atoms with E-state index in [0.717, 1.165) is 38.2 Å². The SMILES string of the molecule is CCCNC(=NCC(=O)N(C)C)NC1CCc2nc(COC)nn2C1.I. The summed E-state index contributed by atoms with van der Waals surface area (Å²) < 4.78 is 7.02. The van der Waals surface area contributed by atoms with Gasteiger partial charge >= 0.3 is 0 Å². The molecule has 0 aromatic carbocycles.